The number of ether oxygens (including phenoxy) is 2. The quantitative estimate of drug-likeness (QED) is 0.0278. The Balaban J connectivity index is 4.29. The van der Waals surface area contributed by atoms with Crippen LogP contribution < -0.4 is 0 Å². The van der Waals surface area contributed by atoms with Gasteiger partial charge in [0, 0.05) is 19.4 Å². The maximum Gasteiger partial charge on any atom is 0.472 e. The number of rotatable bonds is 42. The van der Waals surface area contributed by atoms with Crippen molar-refractivity contribution in [1.82, 2.24) is 4.90 Å². The van der Waals surface area contributed by atoms with Crippen molar-refractivity contribution < 1.29 is 37.6 Å². The van der Waals surface area contributed by atoms with Crippen LogP contribution >= 0.6 is 7.82 Å². The molecule has 0 rings (SSSR count). The van der Waals surface area contributed by atoms with Crippen molar-refractivity contribution in [3.8, 4) is 0 Å². The zero-order valence-corrected chi connectivity index (χ0v) is 37.9. The van der Waals surface area contributed by atoms with Gasteiger partial charge in [-0.05, 0) is 65.5 Å². The van der Waals surface area contributed by atoms with Crippen LogP contribution in [0.4, 0.5) is 0 Å². The van der Waals surface area contributed by atoms with Crippen LogP contribution in [0.25, 0.3) is 0 Å². The summed E-state index contributed by atoms with van der Waals surface area (Å²) >= 11 is 0. The Morgan fingerprint density at radius 3 is 1.49 bits per heavy atom. The van der Waals surface area contributed by atoms with Crippen LogP contribution in [0.1, 0.15) is 194 Å². The van der Waals surface area contributed by atoms with E-state index in [1.165, 1.54) is 89.9 Å². The summed E-state index contributed by atoms with van der Waals surface area (Å²) in [4.78, 5) is 37.1. The zero-order chi connectivity index (χ0) is 41.9. The van der Waals surface area contributed by atoms with Crippen molar-refractivity contribution in [3.05, 3.63) is 48.6 Å². The molecule has 0 aromatic carbocycles. The molecule has 0 fully saturated rings. The van der Waals surface area contributed by atoms with Crippen molar-refractivity contribution in [3.63, 3.8) is 0 Å². The SMILES string of the molecule is CC/C=C\C/C=C\C/C=C\C/C=C\CCCCCCC(=O)OC(COC(=O)CCCCCCCCCCCCCCCCCCC)COP(=O)(O)OCCN(C)C. The summed E-state index contributed by atoms with van der Waals surface area (Å²) in [7, 11) is -0.726. The van der Waals surface area contributed by atoms with E-state index in [1.807, 2.05) is 19.0 Å². The average Bonchev–Trinajstić information content (AvgIpc) is 3.18. The number of carbonyl (C=O) groups is 2. The van der Waals surface area contributed by atoms with Gasteiger partial charge >= 0.3 is 19.8 Å². The molecular weight excluding hydrogens is 737 g/mol. The van der Waals surface area contributed by atoms with Crippen molar-refractivity contribution in [2.45, 2.75) is 200 Å². The number of hydrogen-bond donors (Lipinski definition) is 1. The highest BCUT2D eigenvalue weighted by Gasteiger charge is 2.26. The van der Waals surface area contributed by atoms with Gasteiger partial charge in [0.2, 0.25) is 0 Å². The van der Waals surface area contributed by atoms with Crippen molar-refractivity contribution in [2.24, 2.45) is 0 Å². The maximum atomic E-state index is 12.7. The second kappa shape index (κ2) is 42.1. The smallest absolute Gasteiger partial charge is 0.462 e. The standard InChI is InChI=1S/C47H86NO8P/c1-5-7-9-11-13-15-17-19-21-23-25-27-29-31-33-35-37-39-46(49)53-43-45(44-55-57(51,52)54-42-41-48(3)4)56-47(50)40-38-36-34-32-30-28-26-24-22-20-18-16-14-12-10-8-6-2/h8,10,14,16,20,22,26,28,45H,5-7,9,11-13,15,17-19,21,23-25,27,29-44H2,1-4H3,(H,51,52)/b10-8-,16-14-,22-20-,28-26-. The lowest BCUT2D eigenvalue weighted by atomic mass is 10.0. The molecule has 0 amide bonds. The largest absolute Gasteiger partial charge is 0.472 e. The lowest BCUT2D eigenvalue weighted by molar-refractivity contribution is -0.161. The summed E-state index contributed by atoms with van der Waals surface area (Å²) in [6, 6.07) is 0. The highest BCUT2D eigenvalue weighted by atomic mass is 31.2. The summed E-state index contributed by atoms with van der Waals surface area (Å²) < 4.78 is 33.5. The molecule has 2 unspecified atom stereocenters. The Morgan fingerprint density at radius 1 is 0.561 bits per heavy atom. The molecule has 1 N–H and O–H groups in total. The third kappa shape index (κ3) is 43.4. The molecule has 0 aliphatic carbocycles. The Labute approximate surface area is 350 Å². The summed E-state index contributed by atoms with van der Waals surface area (Å²) in [5, 5.41) is 0. The van der Waals surface area contributed by atoms with E-state index in [-0.39, 0.29) is 32.0 Å². The fraction of sp³-hybridized carbons (Fsp3) is 0.787. The van der Waals surface area contributed by atoms with Gasteiger partial charge in [-0.3, -0.25) is 18.6 Å². The topological polar surface area (TPSA) is 112 Å². The van der Waals surface area contributed by atoms with Gasteiger partial charge in [0.25, 0.3) is 0 Å². The van der Waals surface area contributed by atoms with E-state index in [9.17, 15) is 19.0 Å². The average molecular weight is 824 g/mol. The number of likely N-dealkylation sites (N-methyl/N-ethyl adjacent to an activating group) is 1. The summed E-state index contributed by atoms with van der Waals surface area (Å²) in [5.41, 5.74) is 0. The molecule has 0 radical (unpaired) electrons. The molecule has 0 spiro atoms. The predicted molar refractivity (Wildman–Crippen MR) is 238 cm³/mol. The van der Waals surface area contributed by atoms with E-state index in [2.05, 4.69) is 62.5 Å². The Bertz CT molecular complexity index is 1090. The number of phosphoric acid groups is 1. The van der Waals surface area contributed by atoms with Crippen molar-refractivity contribution in [1.29, 1.82) is 0 Å². The molecule has 10 heteroatoms. The van der Waals surface area contributed by atoms with Gasteiger partial charge in [-0.15, -0.1) is 0 Å². The van der Waals surface area contributed by atoms with Gasteiger partial charge < -0.3 is 19.3 Å². The first-order valence-electron chi connectivity index (χ1n) is 22.9. The summed E-state index contributed by atoms with van der Waals surface area (Å²) in [6.07, 6.45) is 47.3. The zero-order valence-electron chi connectivity index (χ0n) is 37.0. The molecule has 0 bridgehead atoms. The van der Waals surface area contributed by atoms with E-state index < -0.39 is 26.5 Å². The minimum Gasteiger partial charge on any atom is -0.462 e. The van der Waals surface area contributed by atoms with Crippen LogP contribution in [-0.4, -0.2) is 68.3 Å². The van der Waals surface area contributed by atoms with E-state index in [0.717, 1.165) is 70.6 Å². The van der Waals surface area contributed by atoms with Crippen LogP contribution in [0.2, 0.25) is 0 Å². The van der Waals surface area contributed by atoms with Gasteiger partial charge in [0.15, 0.2) is 6.10 Å². The van der Waals surface area contributed by atoms with Crippen molar-refractivity contribution in [2.75, 3.05) is 40.5 Å². The Morgan fingerprint density at radius 2 is 1.00 bits per heavy atom. The monoisotopic (exact) mass is 824 g/mol. The minimum atomic E-state index is -4.37. The van der Waals surface area contributed by atoms with Gasteiger partial charge in [0.05, 0.1) is 13.2 Å². The first-order chi connectivity index (χ1) is 27.7. The predicted octanol–water partition coefficient (Wildman–Crippen LogP) is 13.3. The molecule has 0 aliphatic heterocycles. The number of phosphoric ester groups is 1. The normalized spacial score (nSPS) is 13.8. The van der Waals surface area contributed by atoms with Crippen LogP contribution in [-0.2, 0) is 32.7 Å². The molecule has 9 nitrogen and oxygen atoms in total. The minimum absolute atomic E-state index is 0.00184. The second-order valence-electron chi connectivity index (χ2n) is 15.6. The lowest BCUT2D eigenvalue weighted by Gasteiger charge is -2.20. The van der Waals surface area contributed by atoms with Crippen LogP contribution in [0.3, 0.4) is 0 Å². The molecular formula is C47H86NO8P. The lowest BCUT2D eigenvalue weighted by Crippen LogP contribution is -2.29. The molecule has 0 saturated heterocycles. The number of allylic oxidation sites excluding steroid dienone is 8. The van der Waals surface area contributed by atoms with Gasteiger partial charge in [-0.2, -0.15) is 0 Å². The molecule has 0 aromatic heterocycles. The molecule has 57 heavy (non-hydrogen) atoms. The molecule has 2 atom stereocenters. The van der Waals surface area contributed by atoms with E-state index in [1.54, 1.807) is 0 Å². The summed E-state index contributed by atoms with van der Waals surface area (Å²) in [6.45, 7) is 4.19. The number of hydrogen-bond acceptors (Lipinski definition) is 8. The number of esters is 2. The fourth-order valence-corrected chi connectivity index (χ4v) is 6.89. The van der Waals surface area contributed by atoms with E-state index >= 15 is 0 Å². The third-order valence-electron chi connectivity index (χ3n) is 9.65. The first-order valence-corrected chi connectivity index (χ1v) is 24.4. The van der Waals surface area contributed by atoms with Crippen LogP contribution in [0.15, 0.2) is 48.6 Å². The van der Waals surface area contributed by atoms with Gasteiger partial charge in [-0.1, -0.05) is 178 Å². The molecule has 332 valence electrons. The molecule has 0 saturated carbocycles. The third-order valence-corrected chi connectivity index (χ3v) is 10.6. The summed E-state index contributed by atoms with van der Waals surface area (Å²) in [5.74, 6) is -0.826. The molecule has 0 heterocycles. The fourth-order valence-electron chi connectivity index (χ4n) is 6.15. The number of carbonyl (C=O) groups excluding carboxylic acids is 2. The van der Waals surface area contributed by atoms with E-state index in [4.69, 9.17) is 18.5 Å². The highest BCUT2D eigenvalue weighted by molar-refractivity contribution is 7.47. The first kappa shape index (κ1) is 55.0. The molecule has 0 aliphatic rings. The Kier molecular flexibility index (Phi) is 40.6. The Hall–Kier alpha value is -2.03. The second-order valence-corrected chi connectivity index (χ2v) is 17.0. The van der Waals surface area contributed by atoms with Crippen LogP contribution in [0, 0.1) is 0 Å². The maximum absolute atomic E-state index is 12.7. The van der Waals surface area contributed by atoms with Crippen LogP contribution in [0.5, 0.6) is 0 Å². The van der Waals surface area contributed by atoms with Gasteiger partial charge in [0.1, 0.15) is 6.61 Å². The van der Waals surface area contributed by atoms with Gasteiger partial charge in [-0.25, -0.2) is 4.57 Å². The number of unbranched alkanes of at least 4 members (excludes halogenated alkanes) is 20. The molecule has 0 aromatic rings. The van der Waals surface area contributed by atoms with Crippen molar-refractivity contribution >= 4 is 19.8 Å². The highest BCUT2D eigenvalue weighted by Crippen LogP contribution is 2.43. The van der Waals surface area contributed by atoms with E-state index in [0.29, 0.717) is 13.0 Å². The number of nitrogens with zero attached hydrogens (tertiary/aromatic N) is 1.